The van der Waals surface area contributed by atoms with Gasteiger partial charge in [-0.1, -0.05) is 33.6 Å². The highest BCUT2D eigenvalue weighted by atomic mass is 32.1. The largest absolute Gasteiger partial charge is 0.390 e. The molecule has 0 spiro atoms. The van der Waals surface area contributed by atoms with Gasteiger partial charge in [0.1, 0.15) is 0 Å². The molecule has 0 unspecified atom stereocenters. The van der Waals surface area contributed by atoms with Crippen LogP contribution >= 0.6 is 11.3 Å². The Morgan fingerprint density at radius 1 is 1.23 bits per heavy atom. The van der Waals surface area contributed by atoms with Crippen molar-refractivity contribution >= 4 is 22.2 Å². The molecular weight excluding hydrogens is 292 g/mol. The Morgan fingerprint density at radius 3 is 2.55 bits per heavy atom. The van der Waals surface area contributed by atoms with E-state index in [0.29, 0.717) is 17.4 Å². The summed E-state index contributed by atoms with van der Waals surface area (Å²) in [5.74, 6) is 0.750. The van der Waals surface area contributed by atoms with E-state index in [1.807, 2.05) is 0 Å². The van der Waals surface area contributed by atoms with Crippen LogP contribution in [0.1, 0.15) is 73.7 Å². The lowest BCUT2D eigenvalue weighted by Crippen LogP contribution is -2.34. The number of carbonyl (C=O) groups is 1. The summed E-state index contributed by atoms with van der Waals surface area (Å²) in [4.78, 5) is 14.0. The number of thiophene rings is 1. The molecule has 2 aliphatic carbocycles. The highest BCUT2D eigenvalue weighted by molar-refractivity contribution is 7.16. The molecule has 0 aliphatic heterocycles. The first-order valence-electron chi connectivity index (χ1n) is 8.57. The number of hydrogen-bond acceptors (Lipinski definition) is 3. The van der Waals surface area contributed by atoms with E-state index in [2.05, 4.69) is 26.1 Å². The predicted octanol–water partition coefficient (Wildman–Crippen LogP) is 4.15. The summed E-state index contributed by atoms with van der Waals surface area (Å²) in [7, 11) is 0. The fourth-order valence-electron chi connectivity index (χ4n) is 3.92. The Kier molecular flexibility index (Phi) is 4.23. The first-order chi connectivity index (χ1) is 10.4. The van der Waals surface area contributed by atoms with Gasteiger partial charge in [-0.25, -0.2) is 0 Å². The van der Waals surface area contributed by atoms with Gasteiger partial charge in [0.25, 0.3) is 5.91 Å². The number of fused-ring (bicyclic) bond motifs is 1. The second kappa shape index (κ2) is 5.88. The average molecular weight is 321 g/mol. The second-order valence-corrected chi connectivity index (χ2v) is 9.14. The van der Waals surface area contributed by atoms with E-state index in [-0.39, 0.29) is 5.91 Å². The molecule has 1 saturated carbocycles. The summed E-state index contributed by atoms with van der Waals surface area (Å²) in [6.07, 6.45) is 7.93. The predicted molar refractivity (Wildman–Crippen MR) is 93.4 cm³/mol. The SMILES string of the molecule is CC(C)(C)[C@@H]1CCc2c(sc(N)c2C(=O)NC2CCCC2)C1. The topological polar surface area (TPSA) is 55.1 Å². The minimum absolute atomic E-state index is 0.0658. The summed E-state index contributed by atoms with van der Waals surface area (Å²) in [5, 5.41) is 3.92. The zero-order chi connectivity index (χ0) is 15.9. The Balaban J connectivity index is 1.79. The third-order valence-corrected chi connectivity index (χ3v) is 6.52. The zero-order valence-corrected chi connectivity index (χ0v) is 14.8. The van der Waals surface area contributed by atoms with Crippen molar-refractivity contribution in [3.63, 3.8) is 0 Å². The molecule has 3 N–H and O–H groups in total. The molecule has 1 heterocycles. The van der Waals surface area contributed by atoms with Crippen molar-refractivity contribution in [1.82, 2.24) is 5.32 Å². The highest BCUT2D eigenvalue weighted by Gasteiger charge is 2.33. The van der Waals surface area contributed by atoms with E-state index in [4.69, 9.17) is 5.73 Å². The molecule has 0 aromatic carbocycles. The number of nitrogens with one attached hydrogen (secondary N) is 1. The molecule has 3 rings (SSSR count). The Bertz CT molecular complexity index is 564. The maximum atomic E-state index is 12.6. The van der Waals surface area contributed by atoms with Gasteiger partial charge in [0.15, 0.2) is 0 Å². The molecule has 22 heavy (non-hydrogen) atoms. The first kappa shape index (κ1) is 15.9. The fraction of sp³-hybridized carbons (Fsp3) is 0.722. The summed E-state index contributed by atoms with van der Waals surface area (Å²) < 4.78 is 0. The van der Waals surface area contributed by atoms with Crippen molar-refractivity contribution < 1.29 is 4.79 Å². The van der Waals surface area contributed by atoms with Gasteiger partial charge >= 0.3 is 0 Å². The van der Waals surface area contributed by atoms with Gasteiger partial charge in [0, 0.05) is 10.9 Å². The first-order valence-corrected chi connectivity index (χ1v) is 9.38. The van der Waals surface area contributed by atoms with Crippen LogP contribution in [0.15, 0.2) is 0 Å². The van der Waals surface area contributed by atoms with Crippen molar-refractivity contribution in [3.8, 4) is 0 Å². The summed E-state index contributed by atoms with van der Waals surface area (Å²) in [6, 6.07) is 0.355. The van der Waals surface area contributed by atoms with Crippen LogP contribution in [0.25, 0.3) is 0 Å². The van der Waals surface area contributed by atoms with Gasteiger partial charge in [-0.15, -0.1) is 11.3 Å². The molecule has 0 bridgehead atoms. The van der Waals surface area contributed by atoms with Crippen molar-refractivity contribution in [2.75, 3.05) is 5.73 Å². The van der Waals surface area contributed by atoms with Crippen molar-refractivity contribution in [3.05, 3.63) is 16.0 Å². The zero-order valence-electron chi connectivity index (χ0n) is 14.0. The van der Waals surface area contributed by atoms with Gasteiger partial charge in [-0.2, -0.15) is 0 Å². The molecule has 1 amide bonds. The maximum absolute atomic E-state index is 12.6. The van der Waals surface area contributed by atoms with Gasteiger partial charge in [0.2, 0.25) is 0 Å². The quantitative estimate of drug-likeness (QED) is 0.860. The van der Waals surface area contributed by atoms with Crippen LogP contribution in [0.5, 0.6) is 0 Å². The number of anilines is 1. The molecule has 1 aromatic heterocycles. The minimum atomic E-state index is 0.0658. The fourth-order valence-corrected chi connectivity index (χ4v) is 5.12. The number of nitrogen functional groups attached to an aromatic ring is 1. The summed E-state index contributed by atoms with van der Waals surface area (Å²) in [6.45, 7) is 6.94. The number of amides is 1. The standard InChI is InChI=1S/C18H28N2OS/c1-18(2,3)11-8-9-13-14(10-11)22-16(19)15(13)17(21)20-12-6-4-5-7-12/h11-12H,4-10,19H2,1-3H3,(H,20,21)/t11-/m1/s1. The molecule has 0 saturated heterocycles. The molecule has 2 aliphatic rings. The van der Waals surface area contributed by atoms with Gasteiger partial charge in [-0.3, -0.25) is 4.79 Å². The maximum Gasteiger partial charge on any atom is 0.254 e. The molecule has 1 atom stereocenters. The van der Waals surface area contributed by atoms with E-state index in [1.165, 1.54) is 23.3 Å². The third-order valence-electron chi connectivity index (χ3n) is 5.43. The van der Waals surface area contributed by atoms with Crippen molar-refractivity contribution in [1.29, 1.82) is 0 Å². The lowest BCUT2D eigenvalue weighted by Gasteiger charge is -2.33. The summed E-state index contributed by atoms with van der Waals surface area (Å²) in [5.41, 5.74) is 8.56. The van der Waals surface area contributed by atoms with Crippen LogP contribution < -0.4 is 11.1 Å². The van der Waals surface area contributed by atoms with Crippen LogP contribution in [0.4, 0.5) is 5.00 Å². The van der Waals surface area contributed by atoms with Crippen molar-refractivity contribution in [2.24, 2.45) is 11.3 Å². The number of hydrogen-bond donors (Lipinski definition) is 2. The van der Waals surface area contributed by atoms with Crippen LogP contribution in [-0.2, 0) is 12.8 Å². The van der Waals surface area contributed by atoms with E-state index < -0.39 is 0 Å². The normalized spacial score (nSPS) is 22.6. The molecular formula is C18H28N2OS. The molecule has 3 nitrogen and oxygen atoms in total. The van der Waals surface area contributed by atoms with Gasteiger partial charge < -0.3 is 11.1 Å². The minimum Gasteiger partial charge on any atom is -0.390 e. The Labute approximate surface area is 137 Å². The van der Waals surface area contributed by atoms with Crippen LogP contribution in [0.3, 0.4) is 0 Å². The number of carbonyl (C=O) groups excluding carboxylic acids is 1. The van der Waals surface area contributed by atoms with Gasteiger partial charge in [-0.05, 0) is 49.0 Å². The Hall–Kier alpha value is -1.03. The van der Waals surface area contributed by atoms with E-state index >= 15 is 0 Å². The lowest BCUT2D eigenvalue weighted by molar-refractivity contribution is 0.0937. The molecule has 122 valence electrons. The smallest absolute Gasteiger partial charge is 0.254 e. The van der Waals surface area contributed by atoms with E-state index in [1.54, 1.807) is 11.3 Å². The average Bonchev–Trinajstić information content (AvgIpc) is 3.02. The monoisotopic (exact) mass is 320 g/mol. The number of rotatable bonds is 2. The Morgan fingerprint density at radius 2 is 1.91 bits per heavy atom. The van der Waals surface area contributed by atoms with Crippen LogP contribution in [0.2, 0.25) is 0 Å². The van der Waals surface area contributed by atoms with E-state index in [9.17, 15) is 4.79 Å². The third kappa shape index (κ3) is 3.03. The summed E-state index contributed by atoms with van der Waals surface area (Å²) >= 11 is 1.64. The van der Waals surface area contributed by atoms with Gasteiger partial charge in [0.05, 0.1) is 10.6 Å². The number of nitrogens with two attached hydrogens (primary N) is 1. The van der Waals surface area contributed by atoms with E-state index in [0.717, 1.165) is 42.7 Å². The molecule has 1 fully saturated rings. The highest BCUT2D eigenvalue weighted by Crippen LogP contribution is 2.43. The van der Waals surface area contributed by atoms with Crippen molar-refractivity contribution in [2.45, 2.75) is 71.8 Å². The molecule has 1 aromatic rings. The lowest BCUT2D eigenvalue weighted by atomic mass is 9.72. The molecule has 0 radical (unpaired) electrons. The second-order valence-electron chi connectivity index (χ2n) is 8.00. The van der Waals surface area contributed by atoms with Crippen LogP contribution in [0, 0.1) is 11.3 Å². The van der Waals surface area contributed by atoms with Crippen LogP contribution in [-0.4, -0.2) is 11.9 Å². The molecule has 4 heteroatoms.